The molecule has 1 aliphatic heterocycles. The van der Waals surface area contributed by atoms with E-state index in [1.807, 2.05) is 36.4 Å². The molecule has 1 saturated heterocycles. The van der Waals surface area contributed by atoms with Gasteiger partial charge in [-0.25, -0.2) is 4.98 Å². The summed E-state index contributed by atoms with van der Waals surface area (Å²) in [7, 11) is 3.30. The summed E-state index contributed by atoms with van der Waals surface area (Å²) in [6, 6.07) is 14.1. The Morgan fingerprint density at radius 2 is 1.92 bits per heavy atom. The van der Waals surface area contributed by atoms with Crippen LogP contribution < -0.4 is 9.47 Å². The van der Waals surface area contributed by atoms with Crippen LogP contribution in [0.25, 0.3) is 0 Å². The van der Waals surface area contributed by atoms with Gasteiger partial charge in [0.1, 0.15) is 5.75 Å². The Morgan fingerprint density at radius 3 is 2.62 bits per heavy atom. The van der Waals surface area contributed by atoms with Crippen LogP contribution >= 0.6 is 0 Å². The Balaban J connectivity index is 2.20. The van der Waals surface area contributed by atoms with Gasteiger partial charge in [0, 0.05) is 24.2 Å². The van der Waals surface area contributed by atoms with Gasteiger partial charge >= 0.3 is 0 Å². The van der Waals surface area contributed by atoms with Crippen LogP contribution in [0.1, 0.15) is 25.1 Å². The molecule has 1 aliphatic rings. The molecule has 0 aliphatic carbocycles. The molecule has 3 rings (SSSR count). The Kier molecular flexibility index (Phi) is 4.73. The first kappa shape index (κ1) is 16.7. The minimum absolute atomic E-state index is 0.298. The Bertz CT molecular complexity index is 655. The van der Waals surface area contributed by atoms with Gasteiger partial charge in [-0.05, 0) is 32.0 Å². The van der Waals surface area contributed by atoms with E-state index in [0.29, 0.717) is 18.5 Å². The highest BCUT2D eigenvalue weighted by Crippen LogP contribution is 2.42. The van der Waals surface area contributed by atoms with Crippen molar-refractivity contribution in [3.05, 3.63) is 53.7 Å². The monoisotopic (exact) mass is 328 g/mol. The molecule has 2 heterocycles. The fourth-order valence-corrected chi connectivity index (χ4v) is 3.32. The number of hydrogen-bond acceptors (Lipinski definition) is 5. The molecule has 0 bridgehead atoms. The predicted octanol–water partition coefficient (Wildman–Crippen LogP) is 3.04. The molecule has 2 aromatic rings. The van der Waals surface area contributed by atoms with Crippen molar-refractivity contribution < 1.29 is 14.2 Å². The first-order valence-electron chi connectivity index (χ1n) is 8.18. The zero-order valence-corrected chi connectivity index (χ0v) is 14.7. The minimum Gasteiger partial charge on any atom is -0.497 e. The standard InChI is InChI=1S/C19H24N2O3/c1-14(2)21-11-12-24-19(21,15-7-5-8-16(13-15)22-3)17-9-6-10-18(20-17)23-4/h5-10,13-14H,11-12H2,1-4H3. The molecule has 5 nitrogen and oxygen atoms in total. The molecule has 0 saturated carbocycles. The Hall–Kier alpha value is -2.11. The molecular formula is C19H24N2O3. The van der Waals surface area contributed by atoms with Crippen LogP contribution in [0, 0.1) is 0 Å². The second-order valence-corrected chi connectivity index (χ2v) is 6.08. The highest BCUT2D eigenvalue weighted by atomic mass is 16.5. The molecule has 1 atom stereocenters. The summed E-state index contributed by atoms with van der Waals surface area (Å²) in [6.07, 6.45) is 0. The number of methoxy groups -OCH3 is 2. The zero-order valence-electron chi connectivity index (χ0n) is 14.7. The molecule has 0 spiro atoms. The number of pyridine rings is 1. The van der Waals surface area contributed by atoms with Crippen molar-refractivity contribution in [2.45, 2.75) is 25.6 Å². The molecule has 128 valence electrons. The average Bonchev–Trinajstić information content (AvgIpc) is 3.08. The maximum absolute atomic E-state index is 6.34. The third-order valence-electron chi connectivity index (χ3n) is 4.41. The summed E-state index contributed by atoms with van der Waals surface area (Å²) in [5.41, 5.74) is 1.09. The summed E-state index contributed by atoms with van der Waals surface area (Å²) >= 11 is 0. The van der Waals surface area contributed by atoms with Crippen molar-refractivity contribution in [3.63, 3.8) is 0 Å². The smallest absolute Gasteiger partial charge is 0.213 e. The molecule has 5 heteroatoms. The molecule has 0 N–H and O–H groups in total. The lowest BCUT2D eigenvalue weighted by Crippen LogP contribution is -2.47. The first-order chi connectivity index (χ1) is 11.6. The minimum atomic E-state index is -0.739. The van der Waals surface area contributed by atoms with Crippen molar-refractivity contribution in [2.75, 3.05) is 27.4 Å². The van der Waals surface area contributed by atoms with E-state index in [4.69, 9.17) is 14.2 Å². The number of hydrogen-bond donors (Lipinski definition) is 0. The van der Waals surface area contributed by atoms with Crippen molar-refractivity contribution >= 4 is 0 Å². The van der Waals surface area contributed by atoms with Gasteiger partial charge in [-0.1, -0.05) is 18.2 Å². The SMILES string of the molecule is COc1cccc(C2(c3cccc(OC)n3)OCCN2C(C)C)c1. The summed E-state index contributed by atoms with van der Waals surface area (Å²) in [5.74, 6) is 1.38. The van der Waals surface area contributed by atoms with Gasteiger partial charge in [0.05, 0.1) is 26.5 Å². The van der Waals surface area contributed by atoms with Gasteiger partial charge in [-0.15, -0.1) is 0 Å². The Morgan fingerprint density at radius 1 is 1.12 bits per heavy atom. The topological polar surface area (TPSA) is 43.8 Å². The van der Waals surface area contributed by atoms with Crippen LogP contribution in [0.3, 0.4) is 0 Å². The van der Waals surface area contributed by atoms with Crippen LogP contribution in [0.4, 0.5) is 0 Å². The van der Waals surface area contributed by atoms with Crippen molar-refractivity contribution in [1.29, 1.82) is 0 Å². The van der Waals surface area contributed by atoms with Gasteiger partial charge in [0.25, 0.3) is 0 Å². The molecule has 0 amide bonds. The summed E-state index contributed by atoms with van der Waals surface area (Å²) < 4.78 is 17.1. The molecule has 24 heavy (non-hydrogen) atoms. The fourth-order valence-electron chi connectivity index (χ4n) is 3.32. The summed E-state index contributed by atoms with van der Waals surface area (Å²) in [5, 5.41) is 0. The van der Waals surface area contributed by atoms with E-state index in [-0.39, 0.29) is 0 Å². The lowest BCUT2D eigenvalue weighted by Gasteiger charge is -2.39. The number of benzene rings is 1. The van der Waals surface area contributed by atoms with E-state index >= 15 is 0 Å². The highest BCUT2D eigenvalue weighted by molar-refractivity contribution is 5.39. The van der Waals surface area contributed by atoms with Crippen LogP contribution in [0.15, 0.2) is 42.5 Å². The van der Waals surface area contributed by atoms with Gasteiger partial charge in [-0.2, -0.15) is 0 Å². The maximum Gasteiger partial charge on any atom is 0.213 e. The van der Waals surface area contributed by atoms with Crippen molar-refractivity contribution in [3.8, 4) is 11.6 Å². The molecule has 1 unspecified atom stereocenters. The molecule has 1 aromatic heterocycles. The fraction of sp³-hybridized carbons (Fsp3) is 0.421. The quantitative estimate of drug-likeness (QED) is 0.844. The number of aromatic nitrogens is 1. The van der Waals surface area contributed by atoms with E-state index in [1.54, 1.807) is 14.2 Å². The maximum atomic E-state index is 6.34. The van der Waals surface area contributed by atoms with Crippen molar-refractivity contribution in [2.24, 2.45) is 0 Å². The van der Waals surface area contributed by atoms with E-state index < -0.39 is 5.72 Å². The predicted molar refractivity (Wildman–Crippen MR) is 92.4 cm³/mol. The van der Waals surface area contributed by atoms with E-state index in [0.717, 1.165) is 23.6 Å². The Labute approximate surface area is 143 Å². The molecule has 1 aromatic carbocycles. The first-order valence-corrected chi connectivity index (χ1v) is 8.18. The number of rotatable bonds is 5. The van der Waals surface area contributed by atoms with Crippen LogP contribution in [0.5, 0.6) is 11.6 Å². The third-order valence-corrected chi connectivity index (χ3v) is 4.41. The largest absolute Gasteiger partial charge is 0.497 e. The van der Waals surface area contributed by atoms with Crippen LogP contribution in [-0.2, 0) is 10.5 Å². The number of ether oxygens (including phenoxy) is 3. The molecule has 0 radical (unpaired) electrons. The lowest BCUT2D eigenvalue weighted by atomic mass is 9.95. The highest BCUT2D eigenvalue weighted by Gasteiger charge is 2.48. The van der Waals surface area contributed by atoms with Gasteiger partial charge in [-0.3, -0.25) is 4.90 Å². The van der Waals surface area contributed by atoms with E-state index in [9.17, 15) is 0 Å². The van der Waals surface area contributed by atoms with Gasteiger partial charge in [0.15, 0.2) is 5.72 Å². The normalized spacial score (nSPS) is 21.2. The van der Waals surface area contributed by atoms with Crippen molar-refractivity contribution in [1.82, 2.24) is 9.88 Å². The van der Waals surface area contributed by atoms with E-state index in [2.05, 4.69) is 29.8 Å². The zero-order chi connectivity index (χ0) is 17.2. The van der Waals surface area contributed by atoms with Crippen LogP contribution in [0.2, 0.25) is 0 Å². The molecular weight excluding hydrogens is 304 g/mol. The van der Waals surface area contributed by atoms with Gasteiger partial charge < -0.3 is 14.2 Å². The van der Waals surface area contributed by atoms with Crippen LogP contribution in [-0.4, -0.2) is 43.3 Å². The lowest BCUT2D eigenvalue weighted by molar-refractivity contribution is -0.0686. The second kappa shape index (κ2) is 6.79. The van der Waals surface area contributed by atoms with E-state index in [1.165, 1.54) is 0 Å². The average molecular weight is 328 g/mol. The third kappa shape index (κ3) is 2.74. The second-order valence-electron chi connectivity index (χ2n) is 6.08. The summed E-state index contributed by atoms with van der Waals surface area (Å²) in [6.45, 7) is 5.83. The summed E-state index contributed by atoms with van der Waals surface area (Å²) in [4.78, 5) is 7.00. The molecule has 1 fully saturated rings. The number of nitrogens with zero attached hydrogens (tertiary/aromatic N) is 2. The van der Waals surface area contributed by atoms with Gasteiger partial charge in [0.2, 0.25) is 5.88 Å².